The number of aromatic nitrogens is 4. The minimum absolute atomic E-state index is 0.181. The van der Waals surface area contributed by atoms with Crippen LogP contribution in [0.5, 0.6) is 23.3 Å². The van der Waals surface area contributed by atoms with Gasteiger partial charge in [-0.3, -0.25) is 0 Å². The Bertz CT molecular complexity index is 1950. The number of rotatable bonds is 2. The van der Waals surface area contributed by atoms with Crippen molar-refractivity contribution < 1.29 is 23.6 Å². The van der Waals surface area contributed by atoms with Gasteiger partial charge in [0.25, 0.3) is 5.88 Å². The average molecular weight is 598 g/mol. The second-order valence-electron chi connectivity index (χ2n) is 10.3. The fourth-order valence-corrected chi connectivity index (χ4v) is 5.05. The molecule has 0 saturated heterocycles. The van der Waals surface area contributed by atoms with E-state index in [-0.39, 0.29) is 11.8 Å². The third kappa shape index (κ3) is 4.65. The van der Waals surface area contributed by atoms with Crippen molar-refractivity contribution in [1.29, 1.82) is 0 Å². The van der Waals surface area contributed by atoms with Crippen LogP contribution in [0.25, 0.3) is 11.4 Å². The van der Waals surface area contributed by atoms with Crippen molar-refractivity contribution >= 4 is 22.7 Å². The van der Waals surface area contributed by atoms with Gasteiger partial charge in [-0.2, -0.15) is 14.9 Å². The lowest BCUT2D eigenvalue weighted by atomic mass is 10.3. The molecule has 1 atom stereocenters. The number of aromatic amines is 1. The number of aryl methyl sites for hydroxylation is 2. The molecule has 12 heteroatoms. The molecule has 1 N–H and O–H groups in total. The summed E-state index contributed by atoms with van der Waals surface area (Å²) in [6.07, 6.45) is -2.31. The molecular formula is C33H25N8O4+. The van der Waals surface area contributed by atoms with E-state index in [4.69, 9.17) is 24.0 Å². The van der Waals surface area contributed by atoms with Crippen LogP contribution in [0.15, 0.2) is 130 Å². The zero-order valence-corrected chi connectivity index (χ0v) is 24.2. The fraction of sp³-hybridized carbons (Fsp3) is 0.0909. The molecule has 2 aliphatic heterocycles. The van der Waals surface area contributed by atoms with E-state index in [0.717, 1.165) is 11.4 Å². The summed E-state index contributed by atoms with van der Waals surface area (Å²) in [5.74, 6) is 1.01. The number of benzene rings is 4. The largest absolute Gasteiger partial charge is 0.616 e. The third-order valence-corrected chi connectivity index (χ3v) is 7.20. The predicted octanol–water partition coefficient (Wildman–Crippen LogP) is 7.78. The first kappa shape index (κ1) is 26.3. The van der Waals surface area contributed by atoms with Crippen LogP contribution in [-0.4, -0.2) is 21.0 Å². The highest BCUT2D eigenvalue weighted by atomic mass is 17.0. The monoisotopic (exact) mass is 597 g/mol. The summed E-state index contributed by atoms with van der Waals surface area (Å²) in [7, 11) is 0. The van der Waals surface area contributed by atoms with Crippen molar-refractivity contribution in [2.24, 2.45) is 20.5 Å². The van der Waals surface area contributed by atoms with E-state index in [0.29, 0.717) is 45.6 Å². The standard InChI is InChI=1S/C33H24N8O4/c1-21-29-31(40(38-21)23-13-5-3-6-14-23)44-33(42-27-19-11-9-17-25(27)34-36-29)43-28-20-12-10-18-26(28)35-37-30-22(2)39-41(32(30)45-33)24-15-7-4-8-16-24/h3-20H,1-2H3/p+1. The van der Waals surface area contributed by atoms with Gasteiger partial charge in [-0.15, -0.1) is 20.5 Å². The average Bonchev–Trinajstić information content (AvgIpc) is 3.58. The number of hydrogen-bond donors (Lipinski definition) is 1. The zero-order valence-electron chi connectivity index (χ0n) is 24.2. The zero-order chi connectivity index (χ0) is 30.4. The number of azo groups is 2. The Morgan fingerprint density at radius 1 is 0.622 bits per heavy atom. The van der Waals surface area contributed by atoms with Crippen LogP contribution in [0.2, 0.25) is 0 Å². The van der Waals surface area contributed by atoms with Crippen molar-refractivity contribution in [3.8, 4) is 34.6 Å². The quantitative estimate of drug-likeness (QED) is 0.204. The van der Waals surface area contributed by atoms with Crippen molar-refractivity contribution in [3.05, 3.63) is 121 Å². The lowest BCUT2D eigenvalue weighted by Crippen LogP contribution is -2.55. The topological polar surface area (TPSA) is 124 Å². The third-order valence-electron chi connectivity index (χ3n) is 7.20. The molecule has 0 radical (unpaired) electrons. The van der Waals surface area contributed by atoms with Gasteiger partial charge in [0, 0.05) is 12.1 Å². The number of fused-ring (bicyclic) bond motifs is 4. The van der Waals surface area contributed by atoms with E-state index in [9.17, 15) is 0 Å². The van der Waals surface area contributed by atoms with Gasteiger partial charge in [0.15, 0.2) is 17.2 Å². The van der Waals surface area contributed by atoms with Gasteiger partial charge < -0.3 is 18.9 Å². The van der Waals surface area contributed by atoms with Gasteiger partial charge in [0.2, 0.25) is 11.4 Å². The van der Waals surface area contributed by atoms with Crippen molar-refractivity contribution in [3.63, 3.8) is 0 Å². The summed E-state index contributed by atoms with van der Waals surface area (Å²) in [5.41, 5.74) is 4.39. The first-order chi connectivity index (χ1) is 22.1. The van der Waals surface area contributed by atoms with Crippen molar-refractivity contribution in [1.82, 2.24) is 14.9 Å². The smallest absolute Gasteiger partial charge is 0.383 e. The van der Waals surface area contributed by atoms with E-state index in [1.807, 2.05) is 98.8 Å². The summed E-state index contributed by atoms with van der Waals surface area (Å²) in [6, 6.07) is 33.5. The number of hydrogen-bond acceptors (Lipinski definition) is 9. The highest BCUT2D eigenvalue weighted by molar-refractivity contribution is 5.59. The number of nitrogens with one attached hydrogen (secondary N) is 1. The molecule has 8 rings (SSSR count). The molecule has 220 valence electrons. The molecule has 2 aromatic heterocycles. The molecule has 1 spiro atoms. The van der Waals surface area contributed by atoms with Crippen LogP contribution in [-0.2, 0) is 0 Å². The van der Waals surface area contributed by atoms with E-state index in [1.54, 1.807) is 33.6 Å². The maximum absolute atomic E-state index is 6.80. The van der Waals surface area contributed by atoms with E-state index in [2.05, 4.69) is 25.6 Å². The van der Waals surface area contributed by atoms with Crippen LogP contribution in [0.3, 0.4) is 0 Å². The molecule has 0 aliphatic carbocycles. The Balaban J connectivity index is 1.41. The summed E-state index contributed by atoms with van der Waals surface area (Å²) in [4.78, 5) is 0. The van der Waals surface area contributed by atoms with Crippen molar-refractivity contribution in [2.75, 3.05) is 0 Å². The molecule has 4 aromatic carbocycles. The van der Waals surface area contributed by atoms with Crippen molar-refractivity contribution in [2.45, 2.75) is 20.0 Å². The van der Waals surface area contributed by atoms with Crippen LogP contribution in [0.1, 0.15) is 11.4 Å². The lowest BCUT2D eigenvalue weighted by molar-refractivity contribution is -0.668. The summed E-state index contributed by atoms with van der Waals surface area (Å²) >= 11 is 0. The maximum atomic E-state index is 6.80. The number of nitrogens with zero attached hydrogens (tertiary/aromatic N) is 7. The molecule has 1 unspecified atom stereocenters. The first-order valence-electron chi connectivity index (χ1n) is 14.2. The minimum Gasteiger partial charge on any atom is -0.383 e. The van der Waals surface area contributed by atoms with Crippen LogP contribution >= 0.6 is 0 Å². The maximum Gasteiger partial charge on any atom is 0.616 e. The van der Waals surface area contributed by atoms with Crippen LogP contribution in [0, 0.1) is 13.8 Å². The Hall–Kier alpha value is -6.30. The normalized spacial score (nSPS) is 16.4. The van der Waals surface area contributed by atoms with Crippen LogP contribution < -0.4 is 23.6 Å². The highest BCUT2D eigenvalue weighted by Crippen LogP contribution is 2.45. The molecule has 4 heterocycles. The van der Waals surface area contributed by atoms with Gasteiger partial charge in [-0.25, -0.2) is 0 Å². The summed E-state index contributed by atoms with van der Waals surface area (Å²) < 4.78 is 30.2. The second-order valence-corrected chi connectivity index (χ2v) is 10.3. The predicted molar refractivity (Wildman–Crippen MR) is 162 cm³/mol. The molecule has 45 heavy (non-hydrogen) atoms. The van der Waals surface area contributed by atoms with E-state index >= 15 is 0 Å². The molecule has 2 aliphatic rings. The fourth-order valence-electron chi connectivity index (χ4n) is 5.05. The molecule has 0 bridgehead atoms. The minimum atomic E-state index is -2.31. The number of ether oxygens (including phenoxy) is 4. The lowest BCUT2D eigenvalue weighted by Gasteiger charge is -2.30. The van der Waals surface area contributed by atoms with E-state index < -0.39 is 6.16 Å². The Labute approximate surface area is 256 Å². The molecule has 0 amide bonds. The number of H-pyrrole nitrogens is 1. The summed E-state index contributed by atoms with van der Waals surface area (Å²) in [6.45, 7) is 3.70. The first-order valence-corrected chi connectivity index (χ1v) is 14.2. The Morgan fingerprint density at radius 3 is 1.87 bits per heavy atom. The Morgan fingerprint density at radius 2 is 1.20 bits per heavy atom. The molecule has 0 saturated carbocycles. The summed E-state index contributed by atoms with van der Waals surface area (Å²) in [5, 5.41) is 26.3. The highest BCUT2D eigenvalue weighted by Gasteiger charge is 2.51. The van der Waals surface area contributed by atoms with Gasteiger partial charge in [0.1, 0.15) is 17.1 Å². The second kappa shape index (κ2) is 10.5. The SMILES string of the molecule is Cc1nn(-c2ccccc2)c2c1N=Nc1ccccc1OC1(Oc3ccccc3N=Nc3c(C)[nH][n+](-c4ccccc4)c3O1)O2. The van der Waals surface area contributed by atoms with Gasteiger partial charge in [-0.1, -0.05) is 60.7 Å². The van der Waals surface area contributed by atoms with Crippen LogP contribution in [0.4, 0.5) is 22.7 Å². The van der Waals surface area contributed by atoms with E-state index in [1.165, 1.54) is 0 Å². The molecule has 0 fully saturated rings. The molecule has 6 aromatic rings. The van der Waals surface area contributed by atoms with Gasteiger partial charge in [-0.05, 0) is 54.9 Å². The molecular weight excluding hydrogens is 572 g/mol. The molecule has 12 nitrogen and oxygen atoms in total. The van der Waals surface area contributed by atoms with Gasteiger partial charge in [0.05, 0.1) is 11.4 Å². The van der Waals surface area contributed by atoms with Gasteiger partial charge >= 0.3 is 12.0 Å². The Kier molecular flexibility index (Phi) is 6.12. The number of para-hydroxylation sites is 4.